The summed E-state index contributed by atoms with van der Waals surface area (Å²) in [6.07, 6.45) is 4.31. The number of carbonyl (C=O) groups is 1. The Hall–Kier alpha value is -1.56. The van der Waals surface area contributed by atoms with Crippen LogP contribution in [0.25, 0.3) is 0 Å². The van der Waals surface area contributed by atoms with Crippen LogP contribution in [0.4, 0.5) is 0 Å². The zero-order valence-corrected chi connectivity index (χ0v) is 7.10. The second-order valence-electron chi connectivity index (χ2n) is 2.32. The normalized spacial score (nSPS) is 15.2. The molecule has 2 rings (SSSR count). The quantitative estimate of drug-likeness (QED) is 0.513. The molecule has 0 spiro atoms. The van der Waals surface area contributed by atoms with Crippen LogP contribution in [0.1, 0.15) is 0 Å². The summed E-state index contributed by atoms with van der Waals surface area (Å²) in [5, 5.41) is 5.60. The number of amides is 1. The molecule has 1 aliphatic rings. The molecule has 1 fully saturated rings. The van der Waals surface area contributed by atoms with Crippen LogP contribution in [0.3, 0.4) is 0 Å². The molecule has 0 radical (unpaired) electrons. The van der Waals surface area contributed by atoms with E-state index in [-0.39, 0.29) is 5.91 Å². The number of piperazine rings is 1. The van der Waals surface area contributed by atoms with Gasteiger partial charge in [-0.05, 0) is 0 Å². The Morgan fingerprint density at radius 1 is 1.08 bits per heavy atom. The first kappa shape index (κ1) is 9.53. The van der Waals surface area contributed by atoms with E-state index in [1.165, 1.54) is 19.0 Å². The fraction of sp³-hybridized carbons (Fsp3) is 0.429. The summed E-state index contributed by atoms with van der Waals surface area (Å²) in [7, 11) is 0. The van der Waals surface area contributed by atoms with Gasteiger partial charge in [-0.3, -0.25) is 4.79 Å². The van der Waals surface area contributed by atoms with Crippen molar-refractivity contribution < 1.29 is 4.79 Å². The van der Waals surface area contributed by atoms with E-state index in [1.54, 1.807) is 0 Å². The zero-order chi connectivity index (χ0) is 9.36. The molecule has 13 heavy (non-hydrogen) atoms. The molecule has 1 amide bonds. The average molecular weight is 181 g/mol. The Balaban J connectivity index is 0.000000132. The summed E-state index contributed by atoms with van der Waals surface area (Å²) in [6, 6.07) is 0. The van der Waals surface area contributed by atoms with E-state index in [9.17, 15) is 4.79 Å². The molecule has 1 aromatic heterocycles. The first-order valence-corrected chi connectivity index (χ1v) is 3.92. The molecular formula is C7H11N5O. The largest absolute Gasteiger partial charge is 0.354 e. The Bertz CT molecular complexity index is 205. The van der Waals surface area contributed by atoms with Gasteiger partial charge in [-0.2, -0.15) is 0 Å². The highest BCUT2D eigenvalue weighted by atomic mass is 16.2. The van der Waals surface area contributed by atoms with Crippen LogP contribution < -0.4 is 10.6 Å². The highest BCUT2D eigenvalue weighted by molar-refractivity contribution is 5.78. The molecule has 0 saturated carbocycles. The third-order valence-electron chi connectivity index (χ3n) is 1.31. The maximum atomic E-state index is 10.3. The summed E-state index contributed by atoms with van der Waals surface area (Å²) in [5.74, 6) is 0.103. The van der Waals surface area contributed by atoms with Crippen LogP contribution in [-0.4, -0.2) is 40.5 Å². The lowest BCUT2D eigenvalue weighted by atomic mass is 10.4. The lowest BCUT2D eigenvalue weighted by Crippen LogP contribution is -2.44. The van der Waals surface area contributed by atoms with E-state index in [1.807, 2.05) is 0 Å². The predicted molar refractivity (Wildman–Crippen MR) is 45.7 cm³/mol. The molecule has 1 aromatic rings. The Morgan fingerprint density at radius 3 is 1.92 bits per heavy atom. The number of nitrogens with one attached hydrogen (secondary N) is 2. The standard InChI is InChI=1S/C4H8N2O.C3H3N3/c7-4-3-5-1-2-6-4;1-4-2-6-3-5-1/h5H,1-3H2,(H,6,7);1-3H. The molecular weight excluding hydrogens is 170 g/mol. The molecule has 0 atom stereocenters. The number of aromatic nitrogens is 3. The van der Waals surface area contributed by atoms with Crippen molar-refractivity contribution >= 4 is 5.91 Å². The van der Waals surface area contributed by atoms with Gasteiger partial charge < -0.3 is 10.6 Å². The molecule has 2 heterocycles. The van der Waals surface area contributed by atoms with E-state index in [2.05, 4.69) is 25.6 Å². The second-order valence-corrected chi connectivity index (χ2v) is 2.32. The summed E-state index contributed by atoms with van der Waals surface area (Å²) in [5.41, 5.74) is 0. The van der Waals surface area contributed by atoms with Crippen molar-refractivity contribution in [3.05, 3.63) is 19.0 Å². The zero-order valence-electron chi connectivity index (χ0n) is 7.10. The van der Waals surface area contributed by atoms with Gasteiger partial charge >= 0.3 is 0 Å². The van der Waals surface area contributed by atoms with Gasteiger partial charge in [0.1, 0.15) is 19.0 Å². The van der Waals surface area contributed by atoms with E-state index < -0.39 is 0 Å². The minimum atomic E-state index is 0.103. The molecule has 70 valence electrons. The first-order chi connectivity index (χ1) is 6.39. The van der Waals surface area contributed by atoms with E-state index in [0.29, 0.717) is 6.54 Å². The van der Waals surface area contributed by atoms with Crippen molar-refractivity contribution in [1.29, 1.82) is 0 Å². The SMILES string of the molecule is O=C1CNCCN1.c1ncncn1. The topological polar surface area (TPSA) is 79.8 Å². The number of carbonyl (C=O) groups excluding carboxylic acids is 1. The number of hydrogen-bond acceptors (Lipinski definition) is 5. The van der Waals surface area contributed by atoms with Crippen molar-refractivity contribution in [1.82, 2.24) is 25.6 Å². The second kappa shape index (κ2) is 6.01. The van der Waals surface area contributed by atoms with Crippen LogP contribution in [0.5, 0.6) is 0 Å². The lowest BCUT2D eigenvalue weighted by Gasteiger charge is -2.11. The number of nitrogens with zero attached hydrogens (tertiary/aromatic N) is 3. The molecule has 0 bridgehead atoms. The van der Waals surface area contributed by atoms with Crippen molar-refractivity contribution in [2.75, 3.05) is 19.6 Å². The van der Waals surface area contributed by atoms with Crippen LogP contribution in [-0.2, 0) is 4.79 Å². The molecule has 0 aliphatic carbocycles. The van der Waals surface area contributed by atoms with Gasteiger partial charge in [0.05, 0.1) is 6.54 Å². The fourth-order valence-electron chi connectivity index (χ4n) is 0.760. The molecule has 1 saturated heterocycles. The smallest absolute Gasteiger partial charge is 0.234 e. The maximum absolute atomic E-state index is 10.3. The van der Waals surface area contributed by atoms with Crippen molar-refractivity contribution in [2.24, 2.45) is 0 Å². The van der Waals surface area contributed by atoms with Crippen LogP contribution in [0.2, 0.25) is 0 Å². The molecule has 0 aromatic carbocycles. The Morgan fingerprint density at radius 2 is 1.69 bits per heavy atom. The van der Waals surface area contributed by atoms with Crippen molar-refractivity contribution in [3.8, 4) is 0 Å². The third kappa shape index (κ3) is 4.81. The van der Waals surface area contributed by atoms with E-state index in [0.717, 1.165) is 13.1 Å². The van der Waals surface area contributed by atoms with Crippen molar-refractivity contribution in [3.63, 3.8) is 0 Å². The summed E-state index contributed by atoms with van der Waals surface area (Å²) in [4.78, 5) is 21.0. The van der Waals surface area contributed by atoms with Crippen molar-refractivity contribution in [2.45, 2.75) is 0 Å². The van der Waals surface area contributed by atoms with Gasteiger partial charge in [-0.25, -0.2) is 15.0 Å². The summed E-state index contributed by atoms with van der Waals surface area (Å²) < 4.78 is 0. The maximum Gasteiger partial charge on any atom is 0.234 e. The lowest BCUT2D eigenvalue weighted by molar-refractivity contribution is -0.121. The minimum absolute atomic E-state index is 0.103. The average Bonchev–Trinajstić information content (AvgIpc) is 2.22. The van der Waals surface area contributed by atoms with E-state index >= 15 is 0 Å². The van der Waals surface area contributed by atoms with Crippen LogP contribution >= 0.6 is 0 Å². The Kier molecular flexibility index (Phi) is 4.41. The molecule has 1 aliphatic heterocycles. The van der Waals surface area contributed by atoms with Gasteiger partial charge in [0.25, 0.3) is 0 Å². The van der Waals surface area contributed by atoms with Gasteiger partial charge in [-0.15, -0.1) is 0 Å². The molecule has 6 heteroatoms. The van der Waals surface area contributed by atoms with Gasteiger partial charge in [0, 0.05) is 13.1 Å². The minimum Gasteiger partial charge on any atom is -0.354 e. The number of hydrogen-bond donors (Lipinski definition) is 2. The van der Waals surface area contributed by atoms with Gasteiger partial charge in [0.2, 0.25) is 5.91 Å². The molecule has 2 N–H and O–H groups in total. The fourth-order valence-corrected chi connectivity index (χ4v) is 0.760. The highest BCUT2D eigenvalue weighted by Gasteiger charge is 2.02. The third-order valence-corrected chi connectivity index (χ3v) is 1.31. The van der Waals surface area contributed by atoms with Crippen LogP contribution in [0.15, 0.2) is 19.0 Å². The predicted octanol–water partition coefficient (Wildman–Crippen LogP) is -1.42. The van der Waals surface area contributed by atoms with E-state index in [4.69, 9.17) is 0 Å². The van der Waals surface area contributed by atoms with Gasteiger partial charge in [-0.1, -0.05) is 0 Å². The highest BCUT2D eigenvalue weighted by Crippen LogP contribution is 1.69. The Labute approximate surface area is 75.8 Å². The first-order valence-electron chi connectivity index (χ1n) is 3.92. The summed E-state index contributed by atoms with van der Waals surface area (Å²) in [6.45, 7) is 2.17. The van der Waals surface area contributed by atoms with Gasteiger partial charge in [0.15, 0.2) is 0 Å². The summed E-state index contributed by atoms with van der Waals surface area (Å²) >= 11 is 0. The van der Waals surface area contributed by atoms with Crippen LogP contribution in [0, 0.1) is 0 Å². The molecule has 6 nitrogen and oxygen atoms in total. The number of rotatable bonds is 0. The molecule has 0 unspecified atom stereocenters. The monoisotopic (exact) mass is 181 g/mol.